The summed E-state index contributed by atoms with van der Waals surface area (Å²) < 4.78 is 17.3. The van der Waals surface area contributed by atoms with E-state index in [1.54, 1.807) is 14.2 Å². The van der Waals surface area contributed by atoms with Gasteiger partial charge in [0.15, 0.2) is 16.6 Å². The van der Waals surface area contributed by atoms with Crippen LogP contribution in [0.5, 0.6) is 17.2 Å². The van der Waals surface area contributed by atoms with Gasteiger partial charge in [-0.2, -0.15) is 0 Å². The van der Waals surface area contributed by atoms with Gasteiger partial charge >= 0.3 is 0 Å². The standard InChI is InChI=1S/C23H30N2O3S/c1-6-24-23(29)25-8-7-17-12-21(26-4)22(27-5)13-19(17)20(25)14-28-18-10-15(2)9-16(3)11-18/h9-13,20H,6-8,14H2,1-5H3,(H,24,29). The number of aryl methyl sites for hydroxylation is 2. The molecule has 0 radical (unpaired) electrons. The zero-order valence-corrected chi connectivity index (χ0v) is 18.7. The first-order chi connectivity index (χ1) is 14.0. The molecule has 5 nitrogen and oxygen atoms in total. The Balaban J connectivity index is 1.95. The van der Waals surface area contributed by atoms with Crippen molar-refractivity contribution in [1.82, 2.24) is 10.2 Å². The molecular formula is C23H30N2O3S. The summed E-state index contributed by atoms with van der Waals surface area (Å²) in [6, 6.07) is 10.4. The van der Waals surface area contributed by atoms with Gasteiger partial charge in [-0.3, -0.25) is 0 Å². The fourth-order valence-electron chi connectivity index (χ4n) is 3.90. The molecule has 0 bridgehead atoms. The average molecular weight is 415 g/mol. The molecule has 6 heteroatoms. The number of hydrogen-bond acceptors (Lipinski definition) is 4. The largest absolute Gasteiger partial charge is 0.493 e. The van der Waals surface area contributed by atoms with E-state index in [0.29, 0.717) is 6.61 Å². The van der Waals surface area contributed by atoms with Crippen LogP contribution in [0.2, 0.25) is 0 Å². The lowest BCUT2D eigenvalue weighted by molar-refractivity contribution is 0.187. The summed E-state index contributed by atoms with van der Waals surface area (Å²) in [5.41, 5.74) is 4.79. The minimum atomic E-state index is -0.00840. The Labute approximate surface area is 179 Å². The van der Waals surface area contributed by atoms with E-state index >= 15 is 0 Å². The van der Waals surface area contributed by atoms with Crippen molar-refractivity contribution in [1.29, 1.82) is 0 Å². The second-order valence-corrected chi connectivity index (χ2v) is 7.72. The second kappa shape index (κ2) is 9.35. The number of ether oxygens (including phenoxy) is 3. The lowest BCUT2D eigenvalue weighted by atomic mass is 9.92. The van der Waals surface area contributed by atoms with Crippen LogP contribution in [0.3, 0.4) is 0 Å². The van der Waals surface area contributed by atoms with Gasteiger partial charge in [0.05, 0.1) is 20.3 Å². The quantitative estimate of drug-likeness (QED) is 0.715. The number of hydrogen-bond donors (Lipinski definition) is 1. The van der Waals surface area contributed by atoms with Crippen molar-refractivity contribution in [2.24, 2.45) is 0 Å². The summed E-state index contributed by atoms with van der Waals surface area (Å²) in [7, 11) is 3.33. The summed E-state index contributed by atoms with van der Waals surface area (Å²) >= 11 is 5.66. The molecule has 29 heavy (non-hydrogen) atoms. The summed E-state index contributed by atoms with van der Waals surface area (Å²) in [4.78, 5) is 2.22. The van der Waals surface area contributed by atoms with E-state index in [1.807, 2.05) is 0 Å². The predicted octanol–water partition coefficient (Wildman–Crippen LogP) is 4.19. The lowest BCUT2D eigenvalue weighted by Crippen LogP contribution is -2.47. The van der Waals surface area contributed by atoms with Gasteiger partial charge in [-0.1, -0.05) is 6.07 Å². The van der Waals surface area contributed by atoms with Crippen molar-refractivity contribution >= 4 is 17.3 Å². The van der Waals surface area contributed by atoms with Gasteiger partial charge in [0.25, 0.3) is 0 Å². The molecule has 0 saturated carbocycles. The topological polar surface area (TPSA) is 43.0 Å². The van der Waals surface area contributed by atoms with Crippen LogP contribution < -0.4 is 19.5 Å². The molecule has 3 rings (SSSR count). The molecule has 0 aliphatic carbocycles. The molecule has 1 unspecified atom stereocenters. The fraction of sp³-hybridized carbons (Fsp3) is 0.435. The summed E-state index contributed by atoms with van der Waals surface area (Å²) in [6.45, 7) is 8.34. The van der Waals surface area contributed by atoms with Crippen molar-refractivity contribution < 1.29 is 14.2 Å². The van der Waals surface area contributed by atoms with Gasteiger partial charge < -0.3 is 24.4 Å². The van der Waals surface area contributed by atoms with Crippen LogP contribution in [0.15, 0.2) is 30.3 Å². The van der Waals surface area contributed by atoms with Gasteiger partial charge in [0, 0.05) is 13.1 Å². The zero-order valence-electron chi connectivity index (χ0n) is 17.9. The van der Waals surface area contributed by atoms with Crippen LogP contribution >= 0.6 is 12.2 Å². The van der Waals surface area contributed by atoms with E-state index in [1.165, 1.54) is 22.3 Å². The highest BCUT2D eigenvalue weighted by atomic mass is 32.1. The third-order valence-corrected chi connectivity index (χ3v) is 5.57. The molecule has 1 atom stereocenters. The van der Waals surface area contributed by atoms with Crippen molar-refractivity contribution in [3.63, 3.8) is 0 Å². The molecule has 0 spiro atoms. The highest BCUT2D eigenvalue weighted by Crippen LogP contribution is 2.38. The summed E-state index contributed by atoms with van der Waals surface area (Å²) in [6.07, 6.45) is 0.890. The molecule has 1 N–H and O–H groups in total. The average Bonchev–Trinajstić information content (AvgIpc) is 2.70. The Bertz CT molecular complexity index is 864. The highest BCUT2D eigenvalue weighted by Gasteiger charge is 2.31. The number of thiocarbonyl (C=S) groups is 1. The molecule has 2 aromatic rings. The minimum absolute atomic E-state index is 0.00840. The van der Waals surface area contributed by atoms with Crippen molar-refractivity contribution in [3.05, 3.63) is 52.6 Å². The normalized spacial score (nSPS) is 15.5. The Morgan fingerprint density at radius 2 is 1.72 bits per heavy atom. The van der Waals surface area contributed by atoms with Crippen LogP contribution in [0.4, 0.5) is 0 Å². The number of rotatable bonds is 6. The first kappa shape index (κ1) is 21.2. The number of benzene rings is 2. The van der Waals surface area contributed by atoms with Gasteiger partial charge in [-0.25, -0.2) is 0 Å². The fourth-order valence-corrected chi connectivity index (χ4v) is 4.26. The zero-order chi connectivity index (χ0) is 21.0. The highest BCUT2D eigenvalue weighted by molar-refractivity contribution is 7.80. The third kappa shape index (κ3) is 4.75. The smallest absolute Gasteiger partial charge is 0.169 e. The van der Waals surface area contributed by atoms with Crippen LogP contribution in [0, 0.1) is 13.8 Å². The Hall–Kier alpha value is -2.47. The second-order valence-electron chi connectivity index (χ2n) is 7.34. The van der Waals surface area contributed by atoms with Gasteiger partial charge in [-0.15, -0.1) is 0 Å². The first-order valence-corrected chi connectivity index (χ1v) is 10.4. The number of methoxy groups -OCH3 is 2. The number of fused-ring (bicyclic) bond motifs is 1. The van der Waals surface area contributed by atoms with Gasteiger partial charge in [0.2, 0.25) is 0 Å². The molecule has 0 saturated heterocycles. The summed E-state index contributed by atoms with van der Waals surface area (Å²) in [5, 5.41) is 4.04. The van der Waals surface area contributed by atoms with Crippen LogP contribution in [-0.2, 0) is 6.42 Å². The molecule has 1 heterocycles. The monoisotopic (exact) mass is 414 g/mol. The molecular weight excluding hydrogens is 384 g/mol. The van der Waals surface area contributed by atoms with E-state index in [9.17, 15) is 0 Å². The lowest BCUT2D eigenvalue weighted by Gasteiger charge is -2.39. The van der Waals surface area contributed by atoms with Gasteiger partial charge in [-0.05, 0) is 85.9 Å². The third-order valence-electron chi connectivity index (χ3n) is 5.19. The Morgan fingerprint density at radius 1 is 1.07 bits per heavy atom. The van der Waals surface area contributed by atoms with E-state index in [4.69, 9.17) is 26.4 Å². The maximum absolute atomic E-state index is 6.25. The van der Waals surface area contributed by atoms with Gasteiger partial charge in [0.1, 0.15) is 12.4 Å². The molecule has 156 valence electrons. The minimum Gasteiger partial charge on any atom is -0.493 e. The van der Waals surface area contributed by atoms with E-state index < -0.39 is 0 Å². The van der Waals surface area contributed by atoms with Crippen LogP contribution in [0.25, 0.3) is 0 Å². The van der Waals surface area contributed by atoms with E-state index in [0.717, 1.165) is 41.9 Å². The number of nitrogens with one attached hydrogen (secondary N) is 1. The SMILES string of the molecule is CCNC(=S)N1CCc2cc(OC)c(OC)cc2C1COc1cc(C)cc(C)c1. The molecule has 0 amide bonds. The maximum atomic E-state index is 6.25. The van der Waals surface area contributed by atoms with Crippen LogP contribution in [-0.4, -0.2) is 43.9 Å². The van der Waals surface area contributed by atoms with E-state index in [-0.39, 0.29) is 6.04 Å². The van der Waals surface area contributed by atoms with Crippen LogP contribution in [0.1, 0.15) is 35.2 Å². The predicted molar refractivity (Wildman–Crippen MR) is 120 cm³/mol. The number of nitrogens with zero attached hydrogens (tertiary/aromatic N) is 1. The van der Waals surface area contributed by atoms with Crippen molar-refractivity contribution in [3.8, 4) is 17.2 Å². The molecule has 1 aliphatic rings. The molecule has 0 fully saturated rings. The maximum Gasteiger partial charge on any atom is 0.169 e. The summed E-state index contributed by atoms with van der Waals surface area (Å²) in [5.74, 6) is 2.35. The molecule has 2 aromatic carbocycles. The molecule has 0 aromatic heterocycles. The van der Waals surface area contributed by atoms with Crippen molar-refractivity contribution in [2.45, 2.75) is 33.2 Å². The Morgan fingerprint density at radius 3 is 2.34 bits per heavy atom. The Kier molecular flexibility index (Phi) is 6.85. The first-order valence-electron chi connectivity index (χ1n) is 9.97. The van der Waals surface area contributed by atoms with E-state index in [2.05, 4.69) is 61.3 Å². The molecule has 1 aliphatic heterocycles. The van der Waals surface area contributed by atoms with Crippen molar-refractivity contribution in [2.75, 3.05) is 33.9 Å².